The molecule has 1 aromatic heterocycles. The first kappa shape index (κ1) is 13.7. The van der Waals surface area contributed by atoms with Gasteiger partial charge in [-0.15, -0.1) is 0 Å². The van der Waals surface area contributed by atoms with Crippen LogP contribution in [0.15, 0.2) is 36.7 Å². The van der Waals surface area contributed by atoms with Gasteiger partial charge in [0.25, 0.3) is 5.91 Å². The van der Waals surface area contributed by atoms with Crippen molar-refractivity contribution in [3.8, 4) is 11.5 Å². The van der Waals surface area contributed by atoms with Crippen LogP contribution in [0.25, 0.3) is 0 Å². The average molecular weight is 273 g/mol. The van der Waals surface area contributed by atoms with E-state index >= 15 is 0 Å². The van der Waals surface area contributed by atoms with Crippen LogP contribution in [0.4, 0.5) is 11.4 Å². The van der Waals surface area contributed by atoms with E-state index in [1.807, 2.05) is 0 Å². The number of methoxy groups -OCH3 is 2. The van der Waals surface area contributed by atoms with Crippen LogP contribution in [-0.2, 0) is 0 Å². The van der Waals surface area contributed by atoms with Crippen molar-refractivity contribution in [3.05, 3.63) is 42.2 Å². The van der Waals surface area contributed by atoms with Gasteiger partial charge in [-0.3, -0.25) is 9.78 Å². The molecule has 2 aromatic rings. The van der Waals surface area contributed by atoms with Crippen molar-refractivity contribution in [1.82, 2.24) is 4.98 Å². The molecule has 0 spiro atoms. The molecule has 1 amide bonds. The second-order valence-corrected chi connectivity index (χ2v) is 3.98. The minimum atomic E-state index is -0.272. The van der Waals surface area contributed by atoms with Crippen LogP contribution in [-0.4, -0.2) is 25.1 Å². The van der Waals surface area contributed by atoms with Crippen molar-refractivity contribution in [3.63, 3.8) is 0 Å². The molecule has 6 nitrogen and oxygen atoms in total. The van der Waals surface area contributed by atoms with E-state index in [0.717, 1.165) is 0 Å². The van der Waals surface area contributed by atoms with Crippen LogP contribution in [0.1, 0.15) is 10.4 Å². The molecule has 20 heavy (non-hydrogen) atoms. The number of carbonyl (C=O) groups is 1. The third kappa shape index (κ3) is 2.80. The van der Waals surface area contributed by atoms with Crippen molar-refractivity contribution < 1.29 is 14.3 Å². The Morgan fingerprint density at radius 3 is 2.35 bits per heavy atom. The smallest absolute Gasteiger partial charge is 0.255 e. The van der Waals surface area contributed by atoms with E-state index in [9.17, 15) is 4.79 Å². The monoisotopic (exact) mass is 273 g/mol. The van der Waals surface area contributed by atoms with Crippen molar-refractivity contribution in [1.29, 1.82) is 0 Å². The molecule has 0 atom stereocenters. The molecule has 0 unspecified atom stereocenters. The summed E-state index contributed by atoms with van der Waals surface area (Å²) in [6, 6.07) is 6.45. The summed E-state index contributed by atoms with van der Waals surface area (Å²) in [5.41, 5.74) is 7.23. The van der Waals surface area contributed by atoms with E-state index in [0.29, 0.717) is 28.4 Å². The highest BCUT2D eigenvalue weighted by Crippen LogP contribution is 2.34. The number of hydrogen-bond acceptors (Lipinski definition) is 5. The lowest BCUT2D eigenvalue weighted by Crippen LogP contribution is -2.13. The highest BCUT2D eigenvalue weighted by Gasteiger charge is 2.12. The molecule has 0 radical (unpaired) electrons. The second-order valence-electron chi connectivity index (χ2n) is 3.98. The Morgan fingerprint density at radius 2 is 1.75 bits per heavy atom. The number of benzene rings is 1. The summed E-state index contributed by atoms with van der Waals surface area (Å²) >= 11 is 0. The van der Waals surface area contributed by atoms with Gasteiger partial charge in [0.2, 0.25) is 0 Å². The molecule has 1 heterocycles. The van der Waals surface area contributed by atoms with E-state index < -0.39 is 0 Å². The van der Waals surface area contributed by atoms with Crippen LogP contribution in [0.2, 0.25) is 0 Å². The van der Waals surface area contributed by atoms with Crippen molar-refractivity contribution in [2.45, 2.75) is 0 Å². The number of hydrogen-bond donors (Lipinski definition) is 2. The maximum atomic E-state index is 12.1. The number of nitrogens with zero attached hydrogens (tertiary/aromatic N) is 1. The van der Waals surface area contributed by atoms with Gasteiger partial charge < -0.3 is 20.5 Å². The lowest BCUT2D eigenvalue weighted by atomic mass is 10.2. The second kappa shape index (κ2) is 5.92. The van der Waals surface area contributed by atoms with Gasteiger partial charge in [0.05, 0.1) is 25.6 Å². The van der Waals surface area contributed by atoms with Gasteiger partial charge in [-0.1, -0.05) is 0 Å². The maximum absolute atomic E-state index is 12.1. The van der Waals surface area contributed by atoms with Crippen LogP contribution in [0, 0.1) is 0 Å². The first-order valence-electron chi connectivity index (χ1n) is 5.88. The summed E-state index contributed by atoms with van der Waals surface area (Å²) in [6.07, 6.45) is 3.10. The first-order valence-corrected chi connectivity index (χ1v) is 5.88. The molecular weight excluding hydrogens is 258 g/mol. The van der Waals surface area contributed by atoms with Gasteiger partial charge in [0.15, 0.2) is 11.5 Å². The SMILES string of the molecule is COc1cc(N)c(NC(=O)c2ccncc2)cc1OC. The first-order chi connectivity index (χ1) is 9.65. The summed E-state index contributed by atoms with van der Waals surface area (Å²) in [5.74, 6) is 0.727. The van der Waals surface area contributed by atoms with Gasteiger partial charge in [0.1, 0.15) is 0 Å². The zero-order chi connectivity index (χ0) is 14.5. The number of carbonyl (C=O) groups excluding carboxylic acids is 1. The van der Waals surface area contributed by atoms with E-state index in [1.165, 1.54) is 14.2 Å². The lowest BCUT2D eigenvalue weighted by molar-refractivity contribution is 0.102. The molecule has 1 aromatic carbocycles. The van der Waals surface area contributed by atoms with E-state index in [-0.39, 0.29) is 5.91 Å². The Balaban J connectivity index is 2.28. The highest BCUT2D eigenvalue weighted by molar-refractivity contribution is 6.05. The number of rotatable bonds is 4. The molecule has 2 rings (SSSR count). The van der Waals surface area contributed by atoms with Gasteiger partial charge >= 0.3 is 0 Å². The zero-order valence-electron chi connectivity index (χ0n) is 11.2. The molecule has 0 aliphatic rings. The number of nitrogens with two attached hydrogens (primary N) is 1. The quantitative estimate of drug-likeness (QED) is 0.831. The fourth-order valence-corrected chi connectivity index (χ4v) is 1.70. The number of ether oxygens (including phenoxy) is 2. The predicted molar refractivity (Wildman–Crippen MR) is 76.1 cm³/mol. The molecule has 104 valence electrons. The average Bonchev–Trinajstić information content (AvgIpc) is 2.49. The Morgan fingerprint density at radius 1 is 1.15 bits per heavy atom. The number of nitrogens with one attached hydrogen (secondary N) is 1. The maximum Gasteiger partial charge on any atom is 0.255 e. The molecule has 0 saturated heterocycles. The summed E-state index contributed by atoms with van der Waals surface area (Å²) in [4.78, 5) is 15.9. The van der Waals surface area contributed by atoms with Gasteiger partial charge in [0, 0.05) is 30.1 Å². The number of amides is 1. The fraction of sp³-hybridized carbons (Fsp3) is 0.143. The summed E-state index contributed by atoms with van der Waals surface area (Å²) in [5, 5.41) is 2.73. The van der Waals surface area contributed by atoms with Crippen LogP contribution < -0.4 is 20.5 Å². The molecule has 0 saturated carbocycles. The molecule has 0 aliphatic heterocycles. The molecule has 0 fully saturated rings. The molecule has 3 N–H and O–H groups in total. The molecule has 0 aliphatic carbocycles. The van der Waals surface area contributed by atoms with Crippen molar-refractivity contribution >= 4 is 17.3 Å². The Labute approximate surface area is 116 Å². The fourth-order valence-electron chi connectivity index (χ4n) is 1.70. The Bertz CT molecular complexity index is 615. The lowest BCUT2D eigenvalue weighted by Gasteiger charge is -2.13. The third-order valence-corrected chi connectivity index (χ3v) is 2.75. The van der Waals surface area contributed by atoms with Crippen molar-refractivity contribution in [2.24, 2.45) is 0 Å². The topological polar surface area (TPSA) is 86.5 Å². The minimum Gasteiger partial charge on any atom is -0.493 e. The standard InChI is InChI=1S/C14H15N3O3/c1-19-12-7-10(15)11(8-13(12)20-2)17-14(18)9-3-5-16-6-4-9/h3-8H,15H2,1-2H3,(H,17,18). The molecule has 6 heteroatoms. The summed E-state index contributed by atoms with van der Waals surface area (Å²) in [7, 11) is 3.04. The zero-order valence-corrected chi connectivity index (χ0v) is 11.2. The Kier molecular flexibility index (Phi) is 4.05. The molecule has 0 bridgehead atoms. The van der Waals surface area contributed by atoms with Crippen molar-refractivity contribution in [2.75, 3.05) is 25.3 Å². The summed E-state index contributed by atoms with van der Waals surface area (Å²) < 4.78 is 10.3. The predicted octanol–water partition coefficient (Wildman–Crippen LogP) is 1.93. The highest BCUT2D eigenvalue weighted by atomic mass is 16.5. The van der Waals surface area contributed by atoms with Gasteiger partial charge in [-0.25, -0.2) is 0 Å². The van der Waals surface area contributed by atoms with E-state index in [4.69, 9.17) is 15.2 Å². The van der Waals surface area contributed by atoms with Crippen LogP contribution in [0.5, 0.6) is 11.5 Å². The van der Waals surface area contributed by atoms with E-state index in [1.54, 1.807) is 36.7 Å². The number of nitrogen functional groups attached to an aromatic ring is 1. The van der Waals surface area contributed by atoms with Crippen LogP contribution >= 0.6 is 0 Å². The Hall–Kier alpha value is -2.76. The van der Waals surface area contributed by atoms with Gasteiger partial charge in [-0.2, -0.15) is 0 Å². The number of anilines is 2. The van der Waals surface area contributed by atoms with Gasteiger partial charge in [-0.05, 0) is 12.1 Å². The molecular formula is C14H15N3O3. The largest absolute Gasteiger partial charge is 0.493 e. The minimum absolute atomic E-state index is 0.272. The number of pyridine rings is 1. The number of aromatic nitrogens is 1. The normalized spacial score (nSPS) is 9.90. The van der Waals surface area contributed by atoms with E-state index in [2.05, 4.69) is 10.3 Å². The van der Waals surface area contributed by atoms with Crippen LogP contribution in [0.3, 0.4) is 0 Å². The third-order valence-electron chi connectivity index (χ3n) is 2.75. The summed E-state index contributed by atoms with van der Waals surface area (Å²) in [6.45, 7) is 0.